The standard InChI is InChI=1S/C23H24F3N3S/c1-16(2)22-14-28(18-7-9-19(10-8-18)30-23(24,25)26)15-29(22)13-17-11-12-27-21-6-4-3-5-20(17)21/h3-12,16,22H,13-15H2,1-2H3/t22-/m0/s1. The molecule has 0 aliphatic carbocycles. The number of pyridine rings is 1. The van der Waals surface area contributed by atoms with Crippen molar-refractivity contribution in [2.24, 2.45) is 5.92 Å². The van der Waals surface area contributed by atoms with Gasteiger partial charge in [0.1, 0.15) is 0 Å². The molecule has 0 amide bonds. The zero-order chi connectivity index (χ0) is 21.3. The first kappa shape index (κ1) is 21.0. The van der Waals surface area contributed by atoms with Crippen molar-refractivity contribution in [3.05, 3.63) is 66.4 Å². The summed E-state index contributed by atoms with van der Waals surface area (Å²) >= 11 is -0.0740. The Balaban J connectivity index is 1.53. The molecule has 4 rings (SSSR count). The lowest BCUT2D eigenvalue weighted by molar-refractivity contribution is -0.0328. The van der Waals surface area contributed by atoms with Crippen molar-refractivity contribution in [2.45, 2.75) is 36.8 Å². The van der Waals surface area contributed by atoms with Crippen LogP contribution in [0.15, 0.2) is 65.7 Å². The summed E-state index contributed by atoms with van der Waals surface area (Å²) in [6, 6.07) is 17.3. The number of benzene rings is 2. The summed E-state index contributed by atoms with van der Waals surface area (Å²) in [7, 11) is 0. The highest BCUT2D eigenvalue weighted by atomic mass is 32.2. The van der Waals surface area contributed by atoms with Crippen molar-refractivity contribution in [1.29, 1.82) is 0 Å². The minimum absolute atomic E-state index is 0.0740. The van der Waals surface area contributed by atoms with E-state index in [2.05, 4.69) is 40.8 Å². The van der Waals surface area contributed by atoms with Gasteiger partial charge in [0.05, 0.1) is 12.2 Å². The summed E-state index contributed by atoms with van der Waals surface area (Å²) < 4.78 is 37.8. The minimum Gasteiger partial charge on any atom is -0.357 e. The lowest BCUT2D eigenvalue weighted by atomic mass is 10.0. The molecule has 0 bridgehead atoms. The third-order valence-corrected chi connectivity index (χ3v) is 6.29. The van der Waals surface area contributed by atoms with E-state index in [-0.39, 0.29) is 16.7 Å². The maximum absolute atomic E-state index is 12.6. The van der Waals surface area contributed by atoms with E-state index in [9.17, 15) is 13.2 Å². The minimum atomic E-state index is -4.26. The number of anilines is 1. The molecular weight excluding hydrogens is 407 g/mol. The summed E-state index contributed by atoms with van der Waals surface area (Å²) in [5.41, 5.74) is -1.08. The van der Waals surface area contributed by atoms with Crippen LogP contribution in [0, 0.1) is 5.92 Å². The topological polar surface area (TPSA) is 19.4 Å². The molecule has 0 N–H and O–H groups in total. The number of halogens is 3. The molecule has 3 nitrogen and oxygen atoms in total. The van der Waals surface area contributed by atoms with Gasteiger partial charge < -0.3 is 4.90 Å². The molecule has 1 fully saturated rings. The predicted molar refractivity (Wildman–Crippen MR) is 116 cm³/mol. The molecule has 0 saturated carbocycles. The first-order valence-electron chi connectivity index (χ1n) is 9.97. The Bertz CT molecular complexity index is 999. The van der Waals surface area contributed by atoms with Gasteiger partial charge in [-0.25, -0.2) is 0 Å². The predicted octanol–water partition coefficient (Wildman–Crippen LogP) is 6.15. The summed E-state index contributed by atoms with van der Waals surface area (Å²) in [6.45, 7) is 6.84. The van der Waals surface area contributed by atoms with Gasteiger partial charge in [0.15, 0.2) is 0 Å². The maximum Gasteiger partial charge on any atom is 0.446 e. The lowest BCUT2D eigenvalue weighted by Crippen LogP contribution is -2.34. The number of alkyl halides is 3. The van der Waals surface area contributed by atoms with E-state index in [0.717, 1.165) is 36.3 Å². The van der Waals surface area contributed by atoms with E-state index in [0.29, 0.717) is 12.0 Å². The SMILES string of the molecule is CC(C)[C@@H]1CN(c2ccc(SC(F)(F)F)cc2)CN1Cc1ccnc2ccccc12. The molecule has 2 aromatic carbocycles. The first-order chi connectivity index (χ1) is 14.3. The van der Waals surface area contributed by atoms with E-state index in [4.69, 9.17) is 0 Å². The van der Waals surface area contributed by atoms with Crippen LogP contribution in [0.2, 0.25) is 0 Å². The number of hydrogen-bond donors (Lipinski definition) is 0. The molecule has 158 valence electrons. The van der Waals surface area contributed by atoms with Gasteiger partial charge in [-0.1, -0.05) is 32.0 Å². The highest BCUT2D eigenvalue weighted by Crippen LogP contribution is 2.38. The fourth-order valence-corrected chi connectivity index (χ4v) is 4.62. The van der Waals surface area contributed by atoms with Crippen molar-refractivity contribution in [1.82, 2.24) is 9.88 Å². The molecule has 0 spiro atoms. The number of aromatic nitrogens is 1. The van der Waals surface area contributed by atoms with Crippen LogP contribution in [-0.4, -0.2) is 34.6 Å². The number of thioether (sulfide) groups is 1. The van der Waals surface area contributed by atoms with Crippen molar-refractivity contribution < 1.29 is 13.2 Å². The van der Waals surface area contributed by atoms with Crippen LogP contribution in [0.1, 0.15) is 19.4 Å². The molecule has 2 heterocycles. The van der Waals surface area contributed by atoms with Crippen LogP contribution in [-0.2, 0) is 6.54 Å². The van der Waals surface area contributed by atoms with Gasteiger partial charge in [0.2, 0.25) is 0 Å². The number of hydrogen-bond acceptors (Lipinski definition) is 4. The van der Waals surface area contributed by atoms with E-state index >= 15 is 0 Å². The molecule has 3 aromatic rings. The Morgan fingerprint density at radius 1 is 1.07 bits per heavy atom. The van der Waals surface area contributed by atoms with E-state index in [1.54, 1.807) is 24.3 Å². The molecule has 30 heavy (non-hydrogen) atoms. The maximum atomic E-state index is 12.6. The average Bonchev–Trinajstić information content (AvgIpc) is 3.12. The van der Waals surface area contributed by atoms with Gasteiger partial charge in [-0.15, -0.1) is 0 Å². The largest absolute Gasteiger partial charge is 0.446 e. The van der Waals surface area contributed by atoms with Gasteiger partial charge in [-0.2, -0.15) is 13.2 Å². The summed E-state index contributed by atoms with van der Waals surface area (Å²) in [4.78, 5) is 9.36. The fourth-order valence-electron chi connectivity index (χ4n) is 4.08. The van der Waals surface area contributed by atoms with Crippen LogP contribution in [0.25, 0.3) is 10.9 Å². The van der Waals surface area contributed by atoms with Crippen molar-refractivity contribution in [2.75, 3.05) is 18.1 Å². The molecule has 0 unspecified atom stereocenters. The molecule has 1 aliphatic heterocycles. The second-order valence-corrected chi connectivity index (χ2v) is 9.09. The van der Waals surface area contributed by atoms with Crippen LogP contribution in [0.5, 0.6) is 0 Å². The van der Waals surface area contributed by atoms with Gasteiger partial charge >= 0.3 is 5.51 Å². The van der Waals surface area contributed by atoms with Gasteiger partial charge in [-0.05, 0) is 59.6 Å². The smallest absolute Gasteiger partial charge is 0.357 e. The van der Waals surface area contributed by atoms with Crippen molar-refractivity contribution in [3.63, 3.8) is 0 Å². The van der Waals surface area contributed by atoms with Crippen molar-refractivity contribution in [3.8, 4) is 0 Å². The Labute approximate surface area is 178 Å². The molecule has 1 aliphatic rings. The quantitative estimate of drug-likeness (QED) is 0.451. The number of fused-ring (bicyclic) bond motifs is 1. The third-order valence-electron chi connectivity index (χ3n) is 5.55. The molecule has 1 aromatic heterocycles. The van der Waals surface area contributed by atoms with Gasteiger partial charge in [0.25, 0.3) is 0 Å². The van der Waals surface area contributed by atoms with Crippen LogP contribution in [0.3, 0.4) is 0 Å². The van der Waals surface area contributed by atoms with Crippen LogP contribution >= 0.6 is 11.8 Å². The van der Waals surface area contributed by atoms with Gasteiger partial charge in [0, 0.05) is 41.3 Å². The van der Waals surface area contributed by atoms with Crippen molar-refractivity contribution >= 4 is 28.4 Å². The van der Waals surface area contributed by atoms with Gasteiger partial charge in [-0.3, -0.25) is 9.88 Å². The number of rotatable bonds is 5. The molecular formula is C23H24F3N3S. The monoisotopic (exact) mass is 431 g/mol. The van der Waals surface area contributed by atoms with Crippen LogP contribution < -0.4 is 4.90 Å². The second kappa shape index (κ2) is 8.47. The summed E-state index contributed by atoms with van der Waals surface area (Å²) in [6.07, 6.45) is 1.85. The first-order valence-corrected chi connectivity index (χ1v) is 10.8. The highest BCUT2D eigenvalue weighted by Gasteiger charge is 2.33. The third kappa shape index (κ3) is 4.73. The molecule has 7 heteroatoms. The molecule has 1 atom stereocenters. The van der Waals surface area contributed by atoms with E-state index < -0.39 is 5.51 Å². The Morgan fingerprint density at radius 3 is 2.50 bits per heavy atom. The number of nitrogens with zero attached hydrogens (tertiary/aromatic N) is 3. The zero-order valence-electron chi connectivity index (χ0n) is 16.9. The molecule has 0 radical (unpaired) electrons. The second-order valence-electron chi connectivity index (χ2n) is 7.95. The number of para-hydroxylation sites is 1. The Hall–Kier alpha value is -2.25. The normalized spacial score (nSPS) is 17.9. The van der Waals surface area contributed by atoms with Crippen LogP contribution in [0.4, 0.5) is 18.9 Å². The molecule has 1 saturated heterocycles. The summed E-state index contributed by atoms with van der Waals surface area (Å²) in [5.74, 6) is 0.461. The fraction of sp³-hybridized carbons (Fsp3) is 0.348. The Morgan fingerprint density at radius 2 is 1.80 bits per heavy atom. The average molecular weight is 432 g/mol. The van der Waals surface area contributed by atoms with E-state index in [1.165, 1.54) is 5.56 Å². The van der Waals surface area contributed by atoms with E-state index in [1.807, 2.05) is 24.4 Å². The summed E-state index contributed by atoms with van der Waals surface area (Å²) in [5, 5.41) is 1.16. The lowest BCUT2D eigenvalue weighted by Gasteiger charge is -2.26. The zero-order valence-corrected chi connectivity index (χ0v) is 17.7. The Kier molecular flexibility index (Phi) is 5.93. The highest BCUT2D eigenvalue weighted by molar-refractivity contribution is 8.00.